The highest BCUT2D eigenvalue weighted by molar-refractivity contribution is 5.80. The van der Waals surface area contributed by atoms with E-state index < -0.39 is 0 Å². The van der Waals surface area contributed by atoms with Crippen LogP contribution in [0.15, 0.2) is 29.2 Å². The molecule has 0 saturated heterocycles. The van der Waals surface area contributed by atoms with Crippen molar-refractivity contribution in [3.05, 3.63) is 40.3 Å². The van der Waals surface area contributed by atoms with E-state index in [2.05, 4.69) is 11.1 Å². The van der Waals surface area contributed by atoms with Crippen molar-refractivity contribution in [1.82, 2.24) is 9.55 Å². The molecule has 0 aliphatic heterocycles. The fourth-order valence-corrected chi connectivity index (χ4v) is 6.39. The molecule has 0 radical (unpaired) electrons. The minimum Gasteiger partial charge on any atom is -0.293 e. The highest BCUT2D eigenvalue weighted by atomic mass is 16.1. The zero-order valence-electron chi connectivity index (χ0n) is 13.8. The lowest BCUT2D eigenvalue weighted by atomic mass is 9.48. The summed E-state index contributed by atoms with van der Waals surface area (Å²) >= 11 is 0. The van der Waals surface area contributed by atoms with Crippen LogP contribution in [0.4, 0.5) is 0 Å². The number of rotatable bonds is 2. The van der Waals surface area contributed by atoms with E-state index in [1.165, 1.54) is 49.5 Å². The number of hydrogen-bond donors (Lipinski definition) is 0. The van der Waals surface area contributed by atoms with Gasteiger partial charge in [-0.1, -0.05) is 0 Å². The van der Waals surface area contributed by atoms with Crippen LogP contribution in [0.3, 0.4) is 0 Å². The van der Waals surface area contributed by atoms with E-state index in [0.717, 1.165) is 23.4 Å². The molecule has 4 saturated carbocycles. The van der Waals surface area contributed by atoms with Crippen molar-refractivity contribution in [3.8, 4) is 0 Å². The molecule has 0 aromatic carbocycles. The molecule has 6 rings (SSSR count). The van der Waals surface area contributed by atoms with Crippen LogP contribution in [-0.4, -0.2) is 9.55 Å². The Balaban J connectivity index is 1.76. The number of pyridine rings is 2. The van der Waals surface area contributed by atoms with E-state index in [0.29, 0.717) is 6.54 Å². The average molecular weight is 308 g/mol. The van der Waals surface area contributed by atoms with Gasteiger partial charge >= 0.3 is 0 Å². The Kier molecular flexibility index (Phi) is 2.80. The lowest BCUT2D eigenvalue weighted by Gasteiger charge is -2.57. The maximum atomic E-state index is 12.7. The van der Waals surface area contributed by atoms with Gasteiger partial charge in [-0.3, -0.25) is 9.36 Å². The maximum absolute atomic E-state index is 12.7. The van der Waals surface area contributed by atoms with Crippen molar-refractivity contribution >= 4 is 11.0 Å². The second-order valence-electron chi connectivity index (χ2n) is 8.21. The smallest absolute Gasteiger partial charge is 0.252 e. The molecule has 0 unspecified atom stereocenters. The summed E-state index contributed by atoms with van der Waals surface area (Å²) in [7, 11) is 0. The first-order valence-electron chi connectivity index (χ1n) is 9.17. The number of aryl methyl sites for hydroxylation is 1. The van der Waals surface area contributed by atoms with Crippen LogP contribution in [0, 0.1) is 17.8 Å². The molecule has 0 atom stereocenters. The first-order chi connectivity index (χ1) is 11.2. The van der Waals surface area contributed by atoms with Crippen LogP contribution < -0.4 is 5.56 Å². The van der Waals surface area contributed by atoms with Crippen molar-refractivity contribution in [1.29, 1.82) is 0 Å². The van der Waals surface area contributed by atoms with E-state index in [1.54, 1.807) is 0 Å². The number of hydrogen-bond acceptors (Lipinski definition) is 2. The van der Waals surface area contributed by atoms with Gasteiger partial charge in [-0.05, 0) is 86.3 Å². The first kappa shape index (κ1) is 13.8. The summed E-state index contributed by atoms with van der Waals surface area (Å²) in [4.78, 5) is 17.3. The minimum absolute atomic E-state index is 0.129. The number of fused-ring (bicyclic) bond motifs is 1. The molecule has 0 spiro atoms. The summed E-state index contributed by atoms with van der Waals surface area (Å²) in [6.07, 6.45) is 9.98. The summed E-state index contributed by atoms with van der Waals surface area (Å²) in [6, 6.07) is 6.17. The topological polar surface area (TPSA) is 34.9 Å². The van der Waals surface area contributed by atoms with E-state index in [4.69, 9.17) is 0 Å². The van der Waals surface area contributed by atoms with Crippen LogP contribution in [0.1, 0.15) is 51.0 Å². The molecular weight excluding hydrogens is 284 g/mol. The minimum atomic E-state index is 0.129. The number of nitrogens with zero attached hydrogens (tertiary/aromatic N) is 2. The number of aromatic nitrogens is 2. The van der Waals surface area contributed by atoms with Gasteiger partial charge in [-0.15, -0.1) is 0 Å². The molecule has 4 aliphatic rings. The van der Waals surface area contributed by atoms with Gasteiger partial charge in [0.1, 0.15) is 5.65 Å². The van der Waals surface area contributed by atoms with E-state index in [-0.39, 0.29) is 11.0 Å². The summed E-state index contributed by atoms with van der Waals surface area (Å²) < 4.78 is 1.82. The highest BCUT2D eigenvalue weighted by Gasteiger charge is 2.52. The van der Waals surface area contributed by atoms with Gasteiger partial charge in [0, 0.05) is 24.2 Å². The highest BCUT2D eigenvalue weighted by Crippen LogP contribution is 2.61. The van der Waals surface area contributed by atoms with Crippen molar-refractivity contribution in [2.75, 3.05) is 0 Å². The molecule has 4 bridgehead atoms. The Morgan fingerprint density at radius 1 is 1.17 bits per heavy atom. The van der Waals surface area contributed by atoms with Crippen molar-refractivity contribution in [2.24, 2.45) is 17.8 Å². The Bertz CT molecular complexity index is 800. The summed E-state index contributed by atoms with van der Waals surface area (Å²) in [5.74, 6) is 2.67. The Morgan fingerprint density at radius 2 is 1.83 bits per heavy atom. The Morgan fingerprint density at radius 3 is 2.43 bits per heavy atom. The summed E-state index contributed by atoms with van der Waals surface area (Å²) in [6.45, 7) is 2.72. The summed E-state index contributed by atoms with van der Waals surface area (Å²) in [5.41, 5.74) is 2.58. The van der Waals surface area contributed by atoms with Crippen LogP contribution in [-0.2, 0) is 12.0 Å². The zero-order chi connectivity index (χ0) is 15.6. The average Bonchev–Trinajstić information content (AvgIpc) is 2.53. The van der Waals surface area contributed by atoms with Crippen molar-refractivity contribution in [3.63, 3.8) is 0 Å². The maximum Gasteiger partial charge on any atom is 0.252 e. The molecule has 3 heteroatoms. The van der Waals surface area contributed by atoms with Gasteiger partial charge < -0.3 is 0 Å². The molecule has 120 valence electrons. The van der Waals surface area contributed by atoms with E-state index in [1.807, 2.05) is 29.8 Å². The van der Waals surface area contributed by atoms with E-state index >= 15 is 0 Å². The third-order valence-electron chi connectivity index (χ3n) is 6.79. The molecule has 23 heavy (non-hydrogen) atoms. The fraction of sp³-hybridized carbons (Fsp3) is 0.600. The zero-order valence-corrected chi connectivity index (χ0v) is 13.8. The van der Waals surface area contributed by atoms with Gasteiger partial charge in [-0.25, -0.2) is 4.98 Å². The molecular formula is C20H24N2O. The lowest BCUT2D eigenvalue weighted by molar-refractivity contribution is -0.00458. The Labute approximate surface area is 136 Å². The molecule has 2 heterocycles. The lowest BCUT2D eigenvalue weighted by Crippen LogP contribution is -2.49. The monoisotopic (exact) mass is 308 g/mol. The van der Waals surface area contributed by atoms with Crippen LogP contribution in [0.5, 0.6) is 0 Å². The van der Waals surface area contributed by atoms with E-state index in [9.17, 15) is 4.79 Å². The molecule has 2 aromatic rings. The van der Waals surface area contributed by atoms with Gasteiger partial charge in [0.15, 0.2) is 0 Å². The summed E-state index contributed by atoms with van der Waals surface area (Å²) in [5, 5.41) is 1.22. The third kappa shape index (κ3) is 1.88. The Hall–Kier alpha value is -1.64. The van der Waals surface area contributed by atoms with Gasteiger partial charge in [-0.2, -0.15) is 0 Å². The van der Waals surface area contributed by atoms with Crippen LogP contribution in [0.25, 0.3) is 11.0 Å². The quantitative estimate of drug-likeness (QED) is 0.844. The predicted molar refractivity (Wildman–Crippen MR) is 91.5 cm³/mol. The van der Waals surface area contributed by atoms with Crippen LogP contribution in [0.2, 0.25) is 0 Å². The molecule has 4 aliphatic carbocycles. The van der Waals surface area contributed by atoms with Gasteiger partial charge in [0.25, 0.3) is 5.56 Å². The normalized spacial score (nSPS) is 35.1. The third-order valence-corrected chi connectivity index (χ3v) is 6.79. The van der Waals surface area contributed by atoms with Crippen molar-refractivity contribution < 1.29 is 0 Å². The second-order valence-corrected chi connectivity index (χ2v) is 8.21. The standard InChI is InChI=1S/C20H24N2O/c1-2-22-18(23)9-17(16-4-3-5-21-19(16)22)20-10-13-6-14(11-20)8-15(7-13)12-20/h3-5,9,13-15H,2,6-8,10-12H2,1H3. The molecule has 0 amide bonds. The molecule has 0 N–H and O–H groups in total. The molecule has 2 aromatic heterocycles. The van der Waals surface area contributed by atoms with Gasteiger partial charge in [0.05, 0.1) is 0 Å². The fourth-order valence-electron chi connectivity index (χ4n) is 6.39. The first-order valence-corrected chi connectivity index (χ1v) is 9.17. The van der Waals surface area contributed by atoms with Gasteiger partial charge in [0.2, 0.25) is 0 Å². The van der Waals surface area contributed by atoms with Crippen molar-refractivity contribution in [2.45, 2.75) is 57.4 Å². The van der Waals surface area contributed by atoms with Crippen LogP contribution >= 0.6 is 0 Å². The SMILES string of the molecule is CCn1c(=O)cc(C23CC4CC(CC(C4)C2)C3)c2cccnc21. The second kappa shape index (κ2) is 4.68. The largest absolute Gasteiger partial charge is 0.293 e. The molecule has 3 nitrogen and oxygen atoms in total. The molecule has 4 fully saturated rings. The predicted octanol–water partition coefficient (Wildman–Crippen LogP) is 3.88.